The molecule has 1 aromatic rings. The summed E-state index contributed by atoms with van der Waals surface area (Å²) in [5.74, 6) is 2.21. The van der Waals surface area contributed by atoms with Crippen molar-refractivity contribution in [2.75, 3.05) is 19.4 Å². The van der Waals surface area contributed by atoms with E-state index in [0.29, 0.717) is 18.2 Å². The zero-order valence-electron chi connectivity index (χ0n) is 10.8. The average molecular weight is 269 g/mol. The Bertz CT molecular complexity index is 418. The van der Waals surface area contributed by atoms with Crippen molar-refractivity contribution in [3.63, 3.8) is 0 Å². The molecule has 2 rings (SSSR count). The fourth-order valence-electron chi connectivity index (χ4n) is 2.39. The summed E-state index contributed by atoms with van der Waals surface area (Å²) in [6.45, 7) is 2.78. The first-order valence-corrected chi connectivity index (χ1v) is 7.56. The van der Waals surface area contributed by atoms with E-state index in [1.54, 1.807) is 22.7 Å². The van der Waals surface area contributed by atoms with Gasteiger partial charge in [0.25, 0.3) is 5.91 Å². The first kappa shape index (κ1) is 13.5. The van der Waals surface area contributed by atoms with Gasteiger partial charge < -0.3 is 14.4 Å². The summed E-state index contributed by atoms with van der Waals surface area (Å²) in [6.07, 6.45) is 2.93. The van der Waals surface area contributed by atoms with Crippen molar-refractivity contribution in [2.24, 2.45) is 5.92 Å². The van der Waals surface area contributed by atoms with Gasteiger partial charge in [-0.25, -0.2) is 0 Å². The highest BCUT2D eigenvalue weighted by Gasteiger charge is 2.35. The van der Waals surface area contributed by atoms with Crippen LogP contribution in [0, 0.1) is 5.92 Å². The molecule has 1 aromatic heterocycles. The number of nitrogens with zero attached hydrogens (tertiary/aromatic N) is 1. The molecule has 100 valence electrons. The zero-order chi connectivity index (χ0) is 13.1. The Kier molecular flexibility index (Phi) is 4.35. The van der Waals surface area contributed by atoms with E-state index in [4.69, 9.17) is 4.42 Å². The third-order valence-corrected chi connectivity index (χ3v) is 4.06. The number of amides is 1. The third-order valence-electron chi connectivity index (χ3n) is 3.49. The van der Waals surface area contributed by atoms with Crippen LogP contribution in [0.25, 0.3) is 0 Å². The molecule has 4 nitrogen and oxygen atoms in total. The molecule has 0 aliphatic carbocycles. The standard InChI is InChI=1S/C13H19NO3S/c1-9-5-6-14(11(9)7-15)13(16)12-4-3-10(17-12)8-18-2/h3-4,9,11,15H,5-8H2,1-2H3. The molecule has 2 heterocycles. The number of aliphatic hydroxyl groups excluding tert-OH is 1. The Hall–Kier alpha value is -0.940. The predicted octanol–water partition coefficient (Wildman–Crippen LogP) is 1.99. The van der Waals surface area contributed by atoms with E-state index in [0.717, 1.165) is 17.9 Å². The van der Waals surface area contributed by atoms with Crippen molar-refractivity contribution in [1.82, 2.24) is 4.90 Å². The van der Waals surface area contributed by atoms with Gasteiger partial charge in [-0.3, -0.25) is 4.79 Å². The van der Waals surface area contributed by atoms with Gasteiger partial charge in [-0.05, 0) is 30.7 Å². The van der Waals surface area contributed by atoms with Crippen LogP contribution in [0.3, 0.4) is 0 Å². The topological polar surface area (TPSA) is 53.7 Å². The van der Waals surface area contributed by atoms with E-state index in [-0.39, 0.29) is 18.6 Å². The minimum atomic E-state index is -0.106. The second-order valence-electron chi connectivity index (χ2n) is 4.71. The van der Waals surface area contributed by atoms with Crippen LogP contribution in [-0.4, -0.2) is 41.4 Å². The molecule has 1 amide bonds. The summed E-state index contributed by atoms with van der Waals surface area (Å²) < 4.78 is 5.53. The first-order chi connectivity index (χ1) is 8.67. The Morgan fingerprint density at radius 1 is 1.61 bits per heavy atom. The van der Waals surface area contributed by atoms with Crippen molar-refractivity contribution in [2.45, 2.75) is 25.1 Å². The van der Waals surface area contributed by atoms with Gasteiger partial charge in [0.05, 0.1) is 18.4 Å². The first-order valence-electron chi connectivity index (χ1n) is 6.16. The Balaban J connectivity index is 2.10. The minimum absolute atomic E-state index is 0.0191. The molecule has 1 N–H and O–H groups in total. The number of aliphatic hydroxyl groups is 1. The Morgan fingerprint density at radius 2 is 2.39 bits per heavy atom. The Labute approximate surface area is 111 Å². The minimum Gasteiger partial charge on any atom is -0.455 e. The van der Waals surface area contributed by atoms with Gasteiger partial charge in [0, 0.05) is 6.54 Å². The number of furan rings is 1. The average Bonchev–Trinajstić information content (AvgIpc) is 2.95. The highest BCUT2D eigenvalue weighted by Crippen LogP contribution is 2.26. The predicted molar refractivity (Wildman–Crippen MR) is 71.6 cm³/mol. The van der Waals surface area contributed by atoms with E-state index >= 15 is 0 Å². The molecule has 1 aliphatic heterocycles. The highest BCUT2D eigenvalue weighted by molar-refractivity contribution is 7.97. The number of rotatable bonds is 4. The molecule has 1 fully saturated rings. The SMILES string of the molecule is CSCc1ccc(C(=O)N2CCC(C)C2CO)o1. The second-order valence-corrected chi connectivity index (χ2v) is 5.58. The molecule has 0 saturated carbocycles. The maximum absolute atomic E-state index is 12.3. The summed E-state index contributed by atoms with van der Waals surface area (Å²) in [5, 5.41) is 9.36. The molecule has 5 heteroatoms. The molecular formula is C13H19NO3S. The number of hydrogen-bond donors (Lipinski definition) is 1. The molecule has 0 spiro atoms. The van der Waals surface area contributed by atoms with Gasteiger partial charge in [0.2, 0.25) is 0 Å². The quantitative estimate of drug-likeness (QED) is 0.908. The number of carbonyl (C=O) groups excluding carboxylic acids is 1. The monoisotopic (exact) mass is 269 g/mol. The summed E-state index contributed by atoms with van der Waals surface area (Å²) >= 11 is 1.66. The van der Waals surface area contributed by atoms with Crippen LogP contribution in [0.2, 0.25) is 0 Å². The molecule has 18 heavy (non-hydrogen) atoms. The second kappa shape index (κ2) is 5.80. The summed E-state index contributed by atoms with van der Waals surface area (Å²) in [7, 11) is 0. The van der Waals surface area contributed by atoms with Crippen LogP contribution in [0.1, 0.15) is 29.7 Å². The van der Waals surface area contributed by atoms with Crippen molar-refractivity contribution in [3.8, 4) is 0 Å². The lowest BCUT2D eigenvalue weighted by Gasteiger charge is -2.24. The van der Waals surface area contributed by atoms with Crippen LogP contribution in [-0.2, 0) is 5.75 Å². The molecule has 2 unspecified atom stereocenters. The van der Waals surface area contributed by atoms with E-state index in [1.165, 1.54) is 0 Å². The van der Waals surface area contributed by atoms with Crippen LogP contribution in [0.4, 0.5) is 0 Å². The van der Waals surface area contributed by atoms with Gasteiger partial charge >= 0.3 is 0 Å². The van der Waals surface area contributed by atoms with Gasteiger partial charge in [-0.1, -0.05) is 6.92 Å². The van der Waals surface area contributed by atoms with Gasteiger partial charge in [0.15, 0.2) is 5.76 Å². The fraction of sp³-hybridized carbons (Fsp3) is 0.615. The van der Waals surface area contributed by atoms with E-state index in [9.17, 15) is 9.90 Å². The highest BCUT2D eigenvalue weighted by atomic mass is 32.2. The molecule has 0 radical (unpaired) electrons. The number of carbonyl (C=O) groups is 1. The molecule has 0 bridgehead atoms. The normalized spacial score (nSPS) is 23.6. The maximum Gasteiger partial charge on any atom is 0.289 e. The van der Waals surface area contributed by atoms with Crippen LogP contribution in [0.5, 0.6) is 0 Å². The van der Waals surface area contributed by atoms with Crippen molar-refractivity contribution < 1.29 is 14.3 Å². The summed E-state index contributed by atoms with van der Waals surface area (Å²) in [5.41, 5.74) is 0. The lowest BCUT2D eigenvalue weighted by atomic mass is 10.0. The summed E-state index contributed by atoms with van der Waals surface area (Å²) in [4.78, 5) is 14.0. The zero-order valence-corrected chi connectivity index (χ0v) is 11.6. The number of likely N-dealkylation sites (tertiary alicyclic amines) is 1. The maximum atomic E-state index is 12.3. The largest absolute Gasteiger partial charge is 0.455 e. The molecule has 0 aromatic carbocycles. The van der Waals surface area contributed by atoms with E-state index < -0.39 is 0 Å². The van der Waals surface area contributed by atoms with Crippen LogP contribution < -0.4 is 0 Å². The molecular weight excluding hydrogens is 250 g/mol. The molecule has 2 atom stereocenters. The van der Waals surface area contributed by atoms with E-state index in [1.807, 2.05) is 12.3 Å². The fourth-order valence-corrected chi connectivity index (χ4v) is 2.83. The molecule has 1 saturated heterocycles. The molecule has 1 aliphatic rings. The van der Waals surface area contributed by atoms with E-state index in [2.05, 4.69) is 6.92 Å². The van der Waals surface area contributed by atoms with Crippen molar-refractivity contribution >= 4 is 17.7 Å². The Morgan fingerprint density at radius 3 is 3.06 bits per heavy atom. The smallest absolute Gasteiger partial charge is 0.289 e. The lowest BCUT2D eigenvalue weighted by molar-refractivity contribution is 0.0615. The number of thioether (sulfide) groups is 1. The summed E-state index contributed by atoms with van der Waals surface area (Å²) in [6, 6.07) is 3.49. The lowest BCUT2D eigenvalue weighted by Crippen LogP contribution is -2.39. The van der Waals surface area contributed by atoms with Crippen molar-refractivity contribution in [1.29, 1.82) is 0 Å². The van der Waals surface area contributed by atoms with Crippen LogP contribution in [0.15, 0.2) is 16.5 Å². The van der Waals surface area contributed by atoms with Gasteiger partial charge in [-0.2, -0.15) is 11.8 Å². The number of hydrogen-bond acceptors (Lipinski definition) is 4. The third kappa shape index (κ3) is 2.57. The van der Waals surface area contributed by atoms with Crippen LogP contribution >= 0.6 is 11.8 Å². The van der Waals surface area contributed by atoms with Crippen molar-refractivity contribution in [3.05, 3.63) is 23.7 Å². The van der Waals surface area contributed by atoms with Gasteiger partial charge in [-0.15, -0.1) is 0 Å². The van der Waals surface area contributed by atoms with Gasteiger partial charge in [0.1, 0.15) is 5.76 Å².